The quantitative estimate of drug-likeness (QED) is 0.822. The molecule has 0 bridgehead atoms. The van der Waals surface area contributed by atoms with Gasteiger partial charge >= 0.3 is 0 Å². The van der Waals surface area contributed by atoms with Crippen LogP contribution in [0.15, 0.2) is 18.6 Å². The largest absolute Gasteiger partial charge is 0.330 e. The number of aromatic nitrogens is 4. The number of hydrogen-bond donors (Lipinski definition) is 2. The van der Waals surface area contributed by atoms with Crippen molar-refractivity contribution in [3.05, 3.63) is 29.8 Å². The van der Waals surface area contributed by atoms with Crippen molar-refractivity contribution in [2.75, 3.05) is 11.9 Å². The maximum atomic E-state index is 12.1. The Labute approximate surface area is 111 Å². The van der Waals surface area contributed by atoms with Crippen molar-refractivity contribution in [2.45, 2.75) is 19.9 Å². The maximum Gasteiger partial charge on any atom is 0.259 e. The number of nitrogens with zero attached hydrogens (tertiary/aromatic N) is 4. The van der Waals surface area contributed by atoms with E-state index in [0.717, 1.165) is 18.7 Å². The van der Waals surface area contributed by atoms with Crippen LogP contribution in [0.1, 0.15) is 22.5 Å². The van der Waals surface area contributed by atoms with E-state index in [9.17, 15) is 4.79 Å². The Hall–Kier alpha value is -2.15. The molecule has 0 fully saturated rings. The monoisotopic (exact) mass is 262 g/mol. The summed E-state index contributed by atoms with van der Waals surface area (Å²) in [7, 11) is 1.80. The van der Waals surface area contributed by atoms with Crippen molar-refractivity contribution < 1.29 is 4.79 Å². The molecular formula is C12H18N6O. The molecule has 2 aromatic heterocycles. The van der Waals surface area contributed by atoms with Crippen LogP contribution in [-0.2, 0) is 13.6 Å². The summed E-state index contributed by atoms with van der Waals surface area (Å²) in [6.07, 6.45) is 5.77. The lowest BCUT2D eigenvalue weighted by molar-refractivity contribution is 0.102. The van der Waals surface area contributed by atoms with Crippen LogP contribution in [0.2, 0.25) is 0 Å². The van der Waals surface area contributed by atoms with E-state index in [1.54, 1.807) is 35.0 Å². The number of carbonyl (C=O) groups is 1. The van der Waals surface area contributed by atoms with E-state index in [4.69, 9.17) is 5.73 Å². The minimum absolute atomic E-state index is 0.176. The predicted octanol–water partition coefficient (Wildman–Crippen LogP) is 0.526. The molecule has 102 valence electrons. The predicted molar refractivity (Wildman–Crippen MR) is 71.8 cm³/mol. The van der Waals surface area contributed by atoms with E-state index in [1.807, 2.05) is 6.92 Å². The minimum atomic E-state index is -0.176. The molecule has 2 rings (SSSR count). The Morgan fingerprint density at radius 3 is 2.84 bits per heavy atom. The first-order chi connectivity index (χ1) is 9.11. The topological polar surface area (TPSA) is 90.8 Å². The van der Waals surface area contributed by atoms with Gasteiger partial charge in [-0.05, 0) is 19.9 Å². The first-order valence-corrected chi connectivity index (χ1v) is 6.14. The van der Waals surface area contributed by atoms with Gasteiger partial charge in [0.15, 0.2) is 0 Å². The molecule has 0 saturated heterocycles. The summed E-state index contributed by atoms with van der Waals surface area (Å²) in [5, 5.41) is 11.0. The Morgan fingerprint density at radius 1 is 1.42 bits per heavy atom. The Bertz CT molecular complexity index is 571. The molecule has 0 aliphatic rings. The van der Waals surface area contributed by atoms with E-state index in [2.05, 4.69) is 15.5 Å². The summed E-state index contributed by atoms with van der Waals surface area (Å²) >= 11 is 0. The van der Waals surface area contributed by atoms with E-state index in [1.165, 1.54) is 0 Å². The standard InChI is InChI=1S/C12H18N6O/c1-9-11(7-15-18(9)5-3-4-13)12(19)16-10-6-14-17(2)8-10/h6-8H,3-5,13H2,1-2H3,(H,16,19). The summed E-state index contributed by atoms with van der Waals surface area (Å²) in [6.45, 7) is 3.21. The van der Waals surface area contributed by atoms with Crippen LogP contribution in [-0.4, -0.2) is 32.0 Å². The molecule has 2 aromatic rings. The van der Waals surface area contributed by atoms with E-state index >= 15 is 0 Å². The van der Waals surface area contributed by atoms with Crippen LogP contribution in [0.5, 0.6) is 0 Å². The van der Waals surface area contributed by atoms with Crippen LogP contribution < -0.4 is 11.1 Å². The Balaban J connectivity index is 2.09. The van der Waals surface area contributed by atoms with Gasteiger partial charge in [0.2, 0.25) is 0 Å². The highest BCUT2D eigenvalue weighted by molar-refractivity contribution is 6.04. The number of aryl methyl sites for hydroxylation is 2. The first kappa shape index (κ1) is 13.3. The van der Waals surface area contributed by atoms with Crippen LogP contribution in [0.25, 0.3) is 0 Å². The molecule has 0 aliphatic heterocycles. The summed E-state index contributed by atoms with van der Waals surface area (Å²) in [5.74, 6) is -0.176. The number of amides is 1. The van der Waals surface area contributed by atoms with Crippen molar-refractivity contribution in [2.24, 2.45) is 12.8 Å². The molecular weight excluding hydrogens is 244 g/mol. The fraction of sp³-hybridized carbons (Fsp3) is 0.417. The number of nitrogens with two attached hydrogens (primary N) is 1. The van der Waals surface area contributed by atoms with Gasteiger partial charge in [0.05, 0.1) is 23.6 Å². The molecule has 0 aromatic carbocycles. The van der Waals surface area contributed by atoms with Gasteiger partial charge in [-0.3, -0.25) is 14.2 Å². The van der Waals surface area contributed by atoms with E-state index < -0.39 is 0 Å². The summed E-state index contributed by atoms with van der Waals surface area (Å²) in [4.78, 5) is 12.1. The third-order valence-electron chi connectivity index (χ3n) is 2.88. The Morgan fingerprint density at radius 2 is 2.21 bits per heavy atom. The molecule has 7 nitrogen and oxygen atoms in total. The average Bonchev–Trinajstić information content (AvgIpc) is 2.93. The van der Waals surface area contributed by atoms with Crippen LogP contribution in [0.4, 0.5) is 5.69 Å². The molecule has 7 heteroatoms. The smallest absolute Gasteiger partial charge is 0.259 e. The van der Waals surface area contributed by atoms with Gasteiger partial charge in [0.1, 0.15) is 0 Å². The molecule has 0 unspecified atom stereocenters. The summed E-state index contributed by atoms with van der Waals surface area (Å²) in [5.41, 5.74) is 7.55. The highest BCUT2D eigenvalue weighted by Crippen LogP contribution is 2.11. The zero-order valence-electron chi connectivity index (χ0n) is 11.1. The van der Waals surface area contributed by atoms with Gasteiger partial charge in [-0.1, -0.05) is 0 Å². The van der Waals surface area contributed by atoms with Gasteiger partial charge in [-0.15, -0.1) is 0 Å². The minimum Gasteiger partial charge on any atom is -0.330 e. The first-order valence-electron chi connectivity index (χ1n) is 6.14. The second-order valence-electron chi connectivity index (χ2n) is 4.37. The molecule has 0 aliphatic carbocycles. The second kappa shape index (κ2) is 5.66. The lowest BCUT2D eigenvalue weighted by atomic mass is 10.2. The van der Waals surface area contributed by atoms with E-state index in [-0.39, 0.29) is 5.91 Å². The van der Waals surface area contributed by atoms with Crippen molar-refractivity contribution in [1.29, 1.82) is 0 Å². The second-order valence-corrected chi connectivity index (χ2v) is 4.37. The van der Waals surface area contributed by atoms with Crippen molar-refractivity contribution in [1.82, 2.24) is 19.6 Å². The fourth-order valence-electron chi connectivity index (χ4n) is 1.82. The number of carbonyl (C=O) groups excluding carboxylic acids is 1. The number of hydrogen-bond acceptors (Lipinski definition) is 4. The van der Waals surface area contributed by atoms with Gasteiger partial charge in [0.25, 0.3) is 5.91 Å². The molecule has 0 atom stereocenters. The molecule has 1 amide bonds. The van der Waals surface area contributed by atoms with Crippen LogP contribution >= 0.6 is 0 Å². The zero-order valence-corrected chi connectivity index (χ0v) is 11.1. The van der Waals surface area contributed by atoms with Gasteiger partial charge in [0, 0.05) is 25.5 Å². The molecule has 3 N–H and O–H groups in total. The molecule has 2 heterocycles. The molecule has 0 saturated carbocycles. The molecule has 0 spiro atoms. The zero-order chi connectivity index (χ0) is 13.8. The van der Waals surface area contributed by atoms with Gasteiger partial charge < -0.3 is 11.1 Å². The summed E-state index contributed by atoms with van der Waals surface area (Å²) < 4.78 is 3.43. The highest BCUT2D eigenvalue weighted by atomic mass is 16.1. The lowest BCUT2D eigenvalue weighted by Crippen LogP contribution is -2.13. The lowest BCUT2D eigenvalue weighted by Gasteiger charge is -2.04. The van der Waals surface area contributed by atoms with Crippen LogP contribution in [0, 0.1) is 6.92 Å². The maximum absolute atomic E-state index is 12.1. The number of rotatable bonds is 5. The van der Waals surface area contributed by atoms with E-state index in [0.29, 0.717) is 17.8 Å². The average molecular weight is 262 g/mol. The number of nitrogens with one attached hydrogen (secondary N) is 1. The van der Waals surface area contributed by atoms with Crippen molar-refractivity contribution >= 4 is 11.6 Å². The molecule has 0 radical (unpaired) electrons. The fourth-order valence-corrected chi connectivity index (χ4v) is 1.82. The summed E-state index contributed by atoms with van der Waals surface area (Å²) in [6, 6.07) is 0. The van der Waals surface area contributed by atoms with Crippen molar-refractivity contribution in [3.63, 3.8) is 0 Å². The van der Waals surface area contributed by atoms with Crippen molar-refractivity contribution in [3.8, 4) is 0 Å². The van der Waals surface area contributed by atoms with Gasteiger partial charge in [-0.25, -0.2) is 0 Å². The van der Waals surface area contributed by atoms with Gasteiger partial charge in [-0.2, -0.15) is 10.2 Å². The molecule has 19 heavy (non-hydrogen) atoms. The highest BCUT2D eigenvalue weighted by Gasteiger charge is 2.14. The normalized spacial score (nSPS) is 10.7. The SMILES string of the molecule is Cc1c(C(=O)Nc2cnn(C)c2)cnn1CCCN. The number of anilines is 1. The third kappa shape index (κ3) is 3.00. The Kier molecular flexibility index (Phi) is 3.96. The third-order valence-corrected chi connectivity index (χ3v) is 2.88. The van der Waals surface area contributed by atoms with Crippen LogP contribution in [0.3, 0.4) is 0 Å².